The first-order valence-electron chi connectivity index (χ1n) is 9.02. The Morgan fingerprint density at radius 1 is 1.21 bits per heavy atom. The van der Waals surface area contributed by atoms with E-state index in [1.165, 1.54) is 6.07 Å². The SMILES string of the molecule is O=C(COC(=O)CN1C(=O)[C@H]2CCCC[C@H]2C1=O)Nc1ccc([N+](=O)[O-])cc1Cl. The Balaban J connectivity index is 1.50. The van der Waals surface area contributed by atoms with E-state index in [1.807, 2.05) is 0 Å². The number of carbonyl (C=O) groups excluding carboxylic acids is 4. The molecule has 0 unspecified atom stereocenters. The number of carbonyl (C=O) groups is 4. The molecule has 2 fully saturated rings. The van der Waals surface area contributed by atoms with E-state index in [0.717, 1.165) is 29.9 Å². The van der Waals surface area contributed by atoms with Gasteiger partial charge in [-0.3, -0.25) is 34.2 Å². The summed E-state index contributed by atoms with van der Waals surface area (Å²) in [5, 5.41) is 13.0. The van der Waals surface area contributed by atoms with E-state index in [9.17, 15) is 29.3 Å². The number of rotatable bonds is 6. The van der Waals surface area contributed by atoms with Gasteiger partial charge in [-0.1, -0.05) is 24.4 Å². The van der Waals surface area contributed by atoms with Crippen molar-refractivity contribution >= 4 is 46.7 Å². The molecule has 1 aromatic rings. The van der Waals surface area contributed by atoms with Gasteiger partial charge in [0.05, 0.1) is 27.5 Å². The number of amides is 3. The van der Waals surface area contributed by atoms with Crippen molar-refractivity contribution in [3.05, 3.63) is 33.3 Å². The van der Waals surface area contributed by atoms with Gasteiger partial charge >= 0.3 is 5.97 Å². The molecule has 1 saturated carbocycles. The van der Waals surface area contributed by atoms with Crippen LogP contribution in [0, 0.1) is 22.0 Å². The Morgan fingerprint density at radius 2 is 1.83 bits per heavy atom. The number of halogens is 1. The lowest BCUT2D eigenvalue weighted by Crippen LogP contribution is -2.37. The second-order valence-corrected chi connectivity index (χ2v) is 7.30. The third-order valence-corrected chi connectivity index (χ3v) is 5.33. The van der Waals surface area contributed by atoms with Gasteiger partial charge in [-0.25, -0.2) is 0 Å². The molecule has 2 aliphatic rings. The largest absolute Gasteiger partial charge is 0.454 e. The van der Waals surface area contributed by atoms with Crippen LogP contribution in [-0.2, 0) is 23.9 Å². The highest BCUT2D eigenvalue weighted by Gasteiger charge is 2.48. The number of esters is 1. The number of imide groups is 1. The zero-order chi connectivity index (χ0) is 21.1. The zero-order valence-corrected chi connectivity index (χ0v) is 16.0. The van der Waals surface area contributed by atoms with Gasteiger partial charge in [0.1, 0.15) is 6.54 Å². The normalized spacial score (nSPS) is 20.9. The van der Waals surface area contributed by atoms with Gasteiger partial charge in [0.25, 0.3) is 11.6 Å². The van der Waals surface area contributed by atoms with E-state index in [2.05, 4.69) is 5.32 Å². The van der Waals surface area contributed by atoms with Crippen LogP contribution >= 0.6 is 11.6 Å². The van der Waals surface area contributed by atoms with E-state index >= 15 is 0 Å². The van der Waals surface area contributed by atoms with Gasteiger partial charge in [0.15, 0.2) is 6.61 Å². The summed E-state index contributed by atoms with van der Waals surface area (Å²) >= 11 is 5.88. The molecule has 0 radical (unpaired) electrons. The number of fused-ring (bicyclic) bond motifs is 1. The van der Waals surface area contributed by atoms with E-state index in [0.29, 0.717) is 12.8 Å². The minimum absolute atomic E-state index is 0.0465. The highest BCUT2D eigenvalue weighted by molar-refractivity contribution is 6.34. The Bertz CT molecular complexity index is 864. The van der Waals surface area contributed by atoms with Crippen LogP contribution in [0.4, 0.5) is 11.4 Å². The predicted molar refractivity (Wildman–Crippen MR) is 99.9 cm³/mol. The van der Waals surface area contributed by atoms with Gasteiger partial charge in [-0.2, -0.15) is 0 Å². The average molecular weight is 424 g/mol. The number of nitrogens with one attached hydrogen (secondary N) is 1. The minimum Gasteiger partial charge on any atom is -0.454 e. The van der Waals surface area contributed by atoms with Crippen LogP contribution in [-0.4, -0.2) is 46.7 Å². The number of hydrogen-bond acceptors (Lipinski definition) is 7. The monoisotopic (exact) mass is 423 g/mol. The fourth-order valence-electron chi connectivity index (χ4n) is 3.61. The summed E-state index contributed by atoms with van der Waals surface area (Å²) in [6, 6.07) is 3.49. The van der Waals surface area contributed by atoms with Crippen molar-refractivity contribution in [2.45, 2.75) is 25.7 Å². The number of nitrogens with zero attached hydrogens (tertiary/aromatic N) is 2. The number of nitro groups is 1. The lowest BCUT2D eigenvalue weighted by atomic mass is 9.81. The first-order valence-corrected chi connectivity index (χ1v) is 9.40. The number of hydrogen-bond donors (Lipinski definition) is 1. The van der Waals surface area contributed by atoms with Crippen LogP contribution in [0.2, 0.25) is 5.02 Å². The first kappa shape index (κ1) is 20.7. The predicted octanol–water partition coefficient (Wildman–Crippen LogP) is 1.91. The average Bonchev–Trinajstić information content (AvgIpc) is 2.93. The van der Waals surface area contributed by atoms with Crippen LogP contribution in [0.15, 0.2) is 18.2 Å². The van der Waals surface area contributed by atoms with Crippen LogP contribution in [0.25, 0.3) is 0 Å². The summed E-state index contributed by atoms with van der Waals surface area (Å²) in [5.41, 5.74) is -0.118. The van der Waals surface area contributed by atoms with Crippen molar-refractivity contribution in [3.63, 3.8) is 0 Å². The number of ether oxygens (including phenoxy) is 1. The number of benzene rings is 1. The fraction of sp³-hybridized carbons (Fsp3) is 0.444. The molecule has 1 saturated heterocycles. The minimum atomic E-state index is -0.879. The molecule has 1 aliphatic carbocycles. The van der Waals surface area contributed by atoms with Gasteiger partial charge < -0.3 is 10.1 Å². The summed E-state index contributed by atoms with van der Waals surface area (Å²) in [6.45, 7) is -1.19. The Morgan fingerprint density at radius 3 is 2.38 bits per heavy atom. The van der Waals surface area contributed by atoms with Gasteiger partial charge in [0.2, 0.25) is 11.8 Å². The molecule has 0 spiro atoms. The Kier molecular flexibility index (Phi) is 6.12. The number of non-ortho nitro benzene ring substituents is 1. The van der Waals surface area contributed by atoms with Crippen molar-refractivity contribution in [2.24, 2.45) is 11.8 Å². The lowest BCUT2D eigenvalue weighted by molar-refractivity contribution is -0.384. The number of anilines is 1. The summed E-state index contributed by atoms with van der Waals surface area (Å²) in [4.78, 5) is 59.6. The third kappa shape index (κ3) is 4.53. The second kappa shape index (κ2) is 8.56. The van der Waals surface area contributed by atoms with Crippen molar-refractivity contribution in [1.29, 1.82) is 0 Å². The van der Waals surface area contributed by atoms with Crippen LogP contribution in [0.3, 0.4) is 0 Å². The van der Waals surface area contributed by atoms with E-state index in [1.54, 1.807) is 0 Å². The first-order chi connectivity index (χ1) is 13.8. The summed E-state index contributed by atoms with van der Waals surface area (Å²) in [5.74, 6) is -3.05. The van der Waals surface area contributed by atoms with Crippen LogP contribution in [0.1, 0.15) is 25.7 Å². The summed E-state index contributed by atoms with van der Waals surface area (Å²) in [6.07, 6.45) is 3.03. The quantitative estimate of drug-likeness (QED) is 0.319. The molecule has 10 nitrogen and oxygen atoms in total. The standard InChI is InChI=1S/C18H18ClN3O7/c19-13-7-10(22(27)28)5-6-14(13)20-15(23)9-29-16(24)8-21-17(25)11-3-1-2-4-12(11)18(21)26/h5-7,11-12H,1-4,8-9H2,(H,20,23)/t11-,12+. The van der Waals surface area contributed by atoms with Gasteiger partial charge in [-0.15, -0.1) is 0 Å². The molecule has 1 aromatic carbocycles. The van der Waals surface area contributed by atoms with Crippen molar-refractivity contribution < 1.29 is 28.8 Å². The zero-order valence-electron chi connectivity index (χ0n) is 15.3. The molecule has 2 atom stereocenters. The van der Waals surface area contributed by atoms with E-state index in [4.69, 9.17) is 16.3 Å². The molecule has 29 heavy (non-hydrogen) atoms. The highest BCUT2D eigenvalue weighted by atomic mass is 35.5. The third-order valence-electron chi connectivity index (χ3n) is 5.02. The molecular formula is C18H18ClN3O7. The van der Waals surface area contributed by atoms with Crippen molar-refractivity contribution in [1.82, 2.24) is 4.90 Å². The molecule has 11 heteroatoms. The fourth-order valence-corrected chi connectivity index (χ4v) is 3.83. The number of likely N-dealkylation sites (tertiary alicyclic amines) is 1. The lowest BCUT2D eigenvalue weighted by Gasteiger charge is -2.19. The molecule has 154 valence electrons. The van der Waals surface area contributed by atoms with Crippen molar-refractivity contribution in [3.8, 4) is 0 Å². The molecule has 3 amide bonds. The van der Waals surface area contributed by atoms with Crippen LogP contribution < -0.4 is 5.32 Å². The molecular weight excluding hydrogens is 406 g/mol. The maximum Gasteiger partial charge on any atom is 0.326 e. The maximum atomic E-state index is 12.3. The molecule has 1 heterocycles. The number of nitro benzene ring substituents is 1. The summed E-state index contributed by atoms with van der Waals surface area (Å²) in [7, 11) is 0. The molecule has 0 bridgehead atoms. The maximum absolute atomic E-state index is 12.3. The smallest absolute Gasteiger partial charge is 0.326 e. The second-order valence-electron chi connectivity index (χ2n) is 6.89. The molecule has 1 aliphatic heterocycles. The Hall–Kier alpha value is -3.01. The van der Waals surface area contributed by atoms with E-state index < -0.39 is 30.0 Å². The van der Waals surface area contributed by atoms with Gasteiger partial charge in [0, 0.05) is 12.1 Å². The van der Waals surface area contributed by atoms with Crippen LogP contribution in [0.5, 0.6) is 0 Å². The molecule has 3 rings (SSSR count). The highest BCUT2D eigenvalue weighted by Crippen LogP contribution is 2.37. The van der Waals surface area contributed by atoms with Gasteiger partial charge in [-0.05, 0) is 18.9 Å². The summed E-state index contributed by atoms with van der Waals surface area (Å²) < 4.78 is 4.84. The molecule has 0 aromatic heterocycles. The molecule has 1 N–H and O–H groups in total. The Labute approximate surface area is 170 Å². The topological polar surface area (TPSA) is 136 Å². The van der Waals surface area contributed by atoms with Crippen molar-refractivity contribution in [2.75, 3.05) is 18.5 Å². The van der Waals surface area contributed by atoms with E-state index in [-0.39, 0.29) is 40.0 Å².